The van der Waals surface area contributed by atoms with Crippen molar-refractivity contribution < 1.29 is 19.1 Å². The SMILES string of the molecule is COC(=O)c1ccccc1NC(=O)C1CC(=O)N(Cc2ccncc2)C1. The first kappa shape index (κ1) is 17.6. The number of carbonyl (C=O) groups is 3. The Labute approximate surface area is 151 Å². The zero-order chi connectivity index (χ0) is 18.5. The number of amides is 2. The minimum Gasteiger partial charge on any atom is -0.465 e. The van der Waals surface area contributed by atoms with E-state index in [1.165, 1.54) is 7.11 Å². The maximum absolute atomic E-state index is 12.6. The van der Waals surface area contributed by atoms with Crippen molar-refractivity contribution in [2.24, 2.45) is 5.92 Å². The number of esters is 1. The van der Waals surface area contributed by atoms with E-state index in [2.05, 4.69) is 10.3 Å². The average molecular weight is 353 g/mol. The highest BCUT2D eigenvalue weighted by atomic mass is 16.5. The summed E-state index contributed by atoms with van der Waals surface area (Å²) in [6.07, 6.45) is 3.49. The molecule has 3 rings (SSSR count). The summed E-state index contributed by atoms with van der Waals surface area (Å²) in [6.45, 7) is 0.789. The molecule has 1 aromatic carbocycles. The molecule has 0 spiro atoms. The number of ether oxygens (including phenoxy) is 1. The van der Waals surface area contributed by atoms with Crippen LogP contribution in [0.5, 0.6) is 0 Å². The van der Waals surface area contributed by atoms with Crippen LogP contribution >= 0.6 is 0 Å². The molecule has 1 N–H and O–H groups in total. The fourth-order valence-corrected chi connectivity index (χ4v) is 2.92. The molecule has 0 aliphatic carbocycles. The van der Waals surface area contributed by atoms with Gasteiger partial charge in [-0.25, -0.2) is 4.79 Å². The standard InChI is InChI=1S/C19H19N3O4/c1-26-19(25)15-4-2-3-5-16(15)21-18(24)14-10-17(23)22(12-14)11-13-6-8-20-9-7-13/h2-9,14H,10-12H2,1H3,(H,21,24). The van der Waals surface area contributed by atoms with Crippen LogP contribution in [0.2, 0.25) is 0 Å². The lowest BCUT2D eigenvalue weighted by Gasteiger charge is -2.17. The van der Waals surface area contributed by atoms with Gasteiger partial charge in [0.25, 0.3) is 0 Å². The van der Waals surface area contributed by atoms with Gasteiger partial charge in [-0.2, -0.15) is 0 Å². The molecular weight excluding hydrogens is 334 g/mol. The van der Waals surface area contributed by atoms with Gasteiger partial charge in [-0.3, -0.25) is 14.6 Å². The lowest BCUT2D eigenvalue weighted by molar-refractivity contribution is -0.128. The number of rotatable bonds is 5. The molecule has 1 atom stereocenters. The maximum atomic E-state index is 12.6. The predicted molar refractivity (Wildman–Crippen MR) is 94.2 cm³/mol. The van der Waals surface area contributed by atoms with Crippen LogP contribution in [0.3, 0.4) is 0 Å². The Kier molecular flexibility index (Phi) is 5.26. The topological polar surface area (TPSA) is 88.6 Å². The number of nitrogens with zero attached hydrogens (tertiary/aromatic N) is 2. The molecule has 1 aliphatic heterocycles. The summed E-state index contributed by atoms with van der Waals surface area (Å²) < 4.78 is 4.73. The Hall–Kier alpha value is -3.22. The summed E-state index contributed by atoms with van der Waals surface area (Å²) in [5.41, 5.74) is 1.62. The molecule has 2 amide bonds. The molecule has 2 heterocycles. The number of carbonyl (C=O) groups excluding carboxylic acids is 3. The number of methoxy groups -OCH3 is 1. The van der Waals surface area contributed by atoms with Crippen LogP contribution in [0, 0.1) is 5.92 Å². The Morgan fingerprint density at radius 3 is 2.69 bits per heavy atom. The normalized spacial score (nSPS) is 16.4. The van der Waals surface area contributed by atoms with E-state index < -0.39 is 11.9 Å². The lowest BCUT2D eigenvalue weighted by Crippen LogP contribution is -2.28. The number of nitrogens with one attached hydrogen (secondary N) is 1. The van der Waals surface area contributed by atoms with Crippen LogP contribution in [0.1, 0.15) is 22.3 Å². The van der Waals surface area contributed by atoms with E-state index in [9.17, 15) is 14.4 Å². The van der Waals surface area contributed by atoms with E-state index >= 15 is 0 Å². The van der Waals surface area contributed by atoms with Crippen molar-refractivity contribution in [1.29, 1.82) is 0 Å². The zero-order valence-electron chi connectivity index (χ0n) is 14.3. The van der Waals surface area contributed by atoms with Gasteiger partial charge in [0.05, 0.1) is 24.3 Å². The number of benzene rings is 1. The van der Waals surface area contributed by atoms with Crippen LogP contribution in [-0.4, -0.2) is 41.3 Å². The van der Waals surface area contributed by atoms with Crippen LogP contribution < -0.4 is 5.32 Å². The smallest absolute Gasteiger partial charge is 0.339 e. The van der Waals surface area contributed by atoms with Crippen molar-refractivity contribution in [3.05, 3.63) is 59.9 Å². The number of likely N-dealkylation sites (tertiary alicyclic amines) is 1. The molecule has 1 fully saturated rings. The van der Waals surface area contributed by atoms with Crippen molar-refractivity contribution in [2.45, 2.75) is 13.0 Å². The van der Waals surface area contributed by atoms with Gasteiger partial charge in [-0.15, -0.1) is 0 Å². The van der Waals surface area contributed by atoms with Crippen LogP contribution in [0.25, 0.3) is 0 Å². The van der Waals surface area contributed by atoms with Gasteiger partial charge in [0.1, 0.15) is 0 Å². The van der Waals surface area contributed by atoms with E-state index in [0.717, 1.165) is 5.56 Å². The second-order valence-electron chi connectivity index (χ2n) is 6.06. The molecule has 2 aromatic rings. The predicted octanol–water partition coefficient (Wildman–Crippen LogP) is 1.86. The first-order valence-electron chi connectivity index (χ1n) is 8.23. The van der Waals surface area contributed by atoms with Gasteiger partial charge in [-0.05, 0) is 29.8 Å². The minimum atomic E-state index is -0.525. The number of hydrogen-bond acceptors (Lipinski definition) is 5. The summed E-state index contributed by atoms with van der Waals surface area (Å²) in [4.78, 5) is 42.2. The molecule has 0 saturated carbocycles. The molecule has 1 aliphatic rings. The molecule has 7 nitrogen and oxygen atoms in total. The Balaban J connectivity index is 1.66. The molecule has 1 aromatic heterocycles. The third-order valence-corrected chi connectivity index (χ3v) is 4.30. The quantitative estimate of drug-likeness (QED) is 0.829. The van der Waals surface area contributed by atoms with E-state index in [-0.39, 0.29) is 23.8 Å². The van der Waals surface area contributed by atoms with E-state index in [1.54, 1.807) is 41.6 Å². The van der Waals surface area contributed by atoms with Gasteiger partial charge in [-0.1, -0.05) is 12.1 Å². The third kappa shape index (κ3) is 3.88. The summed E-state index contributed by atoms with van der Waals surface area (Å²) in [5.74, 6) is -1.34. The fourth-order valence-electron chi connectivity index (χ4n) is 2.92. The second-order valence-corrected chi connectivity index (χ2v) is 6.06. The highest BCUT2D eigenvalue weighted by Crippen LogP contribution is 2.23. The highest BCUT2D eigenvalue weighted by Gasteiger charge is 2.34. The minimum absolute atomic E-state index is 0.0665. The van der Waals surface area contributed by atoms with E-state index in [1.807, 2.05) is 12.1 Å². The summed E-state index contributed by atoms with van der Waals surface area (Å²) >= 11 is 0. The van der Waals surface area contributed by atoms with Crippen LogP contribution in [0.15, 0.2) is 48.8 Å². The van der Waals surface area contributed by atoms with Crippen molar-refractivity contribution in [1.82, 2.24) is 9.88 Å². The van der Waals surface area contributed by atoms with Gasteiger partial charge < -0.3 is 15.0 Å². The fraction of sp³-hybridized carbons (Fsp3) is 0.263. The Morgan fingerprint density at radius 2 is 1.96 bits per heavy atom. The summed E-state index contributed by atoms with van der Waals surface area (Å²) in [6, 6.07) is 10.3. The molecule has 0 bridgehead atoms. The first-order valence-corrected chi connectivity index (χ1v) is 8.23. The number of anilines is 1. The number of hydrogen-bond donors (Lipinski definition) is 1. The largest absolute Gasteiger partial charge is 0.465 e. The number of para-hydroxylation sites is 1. The molecule has 0 radical (unpaired) electrons. The van der Waals surface area contributed by atoms with Crippen molar-refractivity contribution in [2.75, 3.05) is 19.0 Å². The molecule has 1 saturated heterocycles. The number of pyridine rings is 1. The van der Waals surface area contributed by atoms with Crippen molar-refractivity contribution in [3.63, 3.8) is 0 Å². The number of aromatic nitrogens is 1. The Morgan fingerprint density at radius 1 is 1.23 bits per heavy atom. The van der Waals surface area contributed by atoms with Gasteiger partial charge in [0, 0.05) is 31.9 Å². The molecule has 7 heteroatoms. The monoisotopic (exact) mass is 353 g/mol. The average Bonchev–Trinajstić information content (AvgIpc) is 3.03. The first-order chi connectivity index (χ1) is 12.6. The van der Waals surface area contributed by atoms with E-state index in [0.29, 0.717) is 18.8 Å². The third-order valence-electron chi connectivity index (χ3n) is 4.30. The van der Waals surface area contributed by atoms with Gasteiger partial charge in [0.15, 0.2) is 0 Å². The van der Waals surface area contributed by atoms with Crippen molar-refractivity contribution >= 4 is 23.5 Å². The van der Waals surface area contributed by atoms with Gasteiger partial charge >= 0.3 is 5.97 Å². The van der Waals surface area contributed by atoms with Crippen LogP contribution in [0.4, 0.5) is 5.69 Å². The van der Waals surface area contributed by atoms with Crippen LogP contribution in [-0.2, 0) is 20.9 Å². The lowest BCUT2D eigenvalue weighted by atomic mass is 10.1. The van der Waals surface area contributed by atoms with Gasteiger partial charge in [0.2, 0.25) is 11.8 Å². The van der Waals surface area contributed by atoms with E-state index in [4.69, 9.17) is 4.74 Å². The highest BCUT2D eigenvalue weighted by molar-refractivity contribution is 6.03. The van der Waals surface area contributed by atoms with Crippen molar-refractivity contribution in [3.8, 4) is 0 Å². The molecular formula is C19H19N3O4. The maximum Gasteiger partial charge on any atom is 0.339 e. The molecule has 1 unspecified atom stereocenters. The Bertz CT molecular complexity index is 823. The molecule has 26 heavy (non-hydrogen) atoms. The second kappa shape index (κ2) is 7.77. The summed E-state index contributed by atoms with van der Waals surface area (Å²) in [5, 5.41) is 2.74. The zero-order valence-corrected chi connectivity index (χ0v) is 14.3. The summed E-state index contributed by atoms with van der Waals surface area (Å²) in [7, 11) is 1.29. The molecule has 134 valence electrons.